The number of nitrogen functional groups attached to an aromatic ring is 1. The number of esters is 1. The number of benzene rings is 2. The number of nitrogens with zero attached hydrogens (tertiary/aromatic N) is 5. The summed E-state index contributed by atoms with van der Waals surface area (Å²) in [5, 5.41) is 0.933. The molecule has 0 aliphatic heterocycles. The van der Waals surface area contributed by atoms with Crippen LogP contribution in [0.25, 0.3) is 10.2 Å². The van der Waals surface area contributed by atoms with Crippen LogP contribution in [-0.2, 0) is 22.6 Å². The zero-order valence-corrected chi connectivity index (χ0v) is 21.2. The van der Waals surface area contributed by atoms with E-state index in [0.29, 0.717) is 18.5 Å². The predicted octanol–water partition coefficient (Wildman–Crippen LogP) is 2.38. The van der Waals surface area contributed by atoms with Crippen LogP contribution in [0, 0.1) is 13.8 Å². The summed E-state index contributed by atoms with van der Waals surface area (Å²) >= 11 is 1.54. The summed E-state index contributed by atoms with van der Waals surface area (Å²) in [7, 11) is 1.32. The molecule has 2 aromatic carbocycles. The molecule has 2 aromatic heterocycles. The number of thiazole rings is 1. The number of fused-ring (bicyclic) bond motifs is 1. The molecule has 2 heterocycles. The Morgan fingerprint density at radius 2 is 1.81 bits per heavy atom. The number of hydrogen-bond acceptors (Lipinski definition) is 8. The summed E-state index contributed by atoms with van der Waals surface area (Å²) in [6, 6.07) is 13.2. The number of carbonyl (C=O) groups excluding carboxylic acids is 1. The summed E-state index contributed by atoms with van der Waals surface area (Å²) in [4.78, 5) is 47.1. The molecule has 188 valence electrons. The fraction of sp³-hybridized carbons (Fsp3) is 0.320. The highest BCUT2D eigenvalue weighted by Crippen LogP contribution is 2.25. The molecule has 0 saturated heterocycles. The Morgan fingerprint density at radius 1 is 1.06 bits per heavy atom. The van der Waals surface area contributed by atoms with Gasteiger partial charge in [-0.05, 0) is 50.5 Å². The average Bonchev–Trinajstić information content (AvgIpc) is 3.24. The molecule has 0 unspecified atom stereocenters. The van der Waals surface area contributed by atoms with Gasteiger partial charge in [0.25, 0.3) is 0 Å². The maximum absolute atomic E-state index is 13.5. The summed E-state index contributed by atoms with van der Waals surface area (Å²) < 4.78 is 8.98. The Morgan fingerprint density at radius 3 is 2.53 bits per heavy atom. The van der Waals surface area contributed by atoms with Crippen molar-refractivity contribution in [3.05, 3.63) is 85.2 Å². The van der Waals surface area contributed by atoms with E-state index in [1.807, 2.05) is 50.2 Å². The van der Waals surface area contributed by atoms with Crippen LogP contribution in [0.4, 0.5) is 5.69 Å². The third-order valence-corrected chi connectivity index (χ3v) is 6.70. The van der Waals surface area contributed by atoms with Crippen molar-refractivity contribution in [2.75, 3.05) is 13.0 Å². The van der Waals surface area contributed by atoms with Crippen LogP contribution < -0.4 is 22.8 Å². The van der Waals surface area contributed by atoms with Gasteiger partial charge in [0.1, 0.15) is 0 Å². The van der Waals surface area contributed by atoms with Crippen molar-refractivity contribution in [2.45, 2.75) is 46.2 Å². The van der Waals surface area contributed by atoms with Gasteiger partial charge in [-0.3, -0.25) is 9.36 Å². The molecule has 0 saturated carbocycles. The average molecular weight is 509 g/mol. The van der Waals surface area contributed by atoms with E-state index in [4.69, 9.17) is 5.84 Å². The molecular formula is C25H28N6O4S. The van der Waals surface area contributed by atoms with Crippen molar-refractivity contribution >= 4 is 33.2 Å². The van der Waals surface area contributed by atoms with Crippen molar-refractivity contribution in [1.82, 2.24) is 18.8 Å². The van der Waals surface area contributed by atoms with Crippen LogP contribution in [0.1, 0.15) is 35.4 Å². The molecule has 0 fully saturated rings. The fourth-order valence-electron chi connectivity index (χ4n) is 3.83. The molecule has 11 heteroatoms. The molecule has 4 rings (SSSR count). The first-order valence-corrected chi connectivity index (χ1v) is 12.3. The maximum Gasteiger partial charge on any atom is 0.353 e. The van der Waals surface area contributed by atoms with Crippen molar-refractivity contribution in [1.29, 1.82) is 0 Å². The highest BCUT2D eigenvalue weighted by molar-refractivity contribution is 7.18. The number of nitrogens with two attached hydrogens (primary N) is 1. The Balaban J connectivity index is 1.81. The molecule has 0 amide bonds. The normalized spacial score (nSPS) is 11.8. The first kappa shape index (κ1) is 25.1. The SMILES string of the molecule is COC(=O)CCCCn1c(=O)n(N)c(=Nc2ccc3nc(C)sc3c2)n(Cc2ccc(C)cc2)c1=O. The van der Waals surface area contributed by atoms with E-state index in [1.54, 1.807) is 6.07 Å². The standard InChI is InChI=1S/C25H28N6O4S/c1-16-7-9-18(10-8-16)15-30-23(28-19-11-12-20-21(14-19)36-17(2)27-20)31(26)25(34)29(24(30)33)13-5-4-6-22(32)35-3/h7-12,14H,4-6,13,15,26H2,1-3H3. The topological polar surface area (TPSA) is 126 Å². The van der Waals surface area contributed by atoms with Crippen molar-refractivity contribution in [3.8, 4) is 0 Å². The molecule has 0 aliphatic rings. The first-order chi connectivity index (χ1) is 17.3. The van der Waals surface area contributed by atoms with Crippen LogP contribution in [-0.4, -0.2) is 31.9 Å². The molecule has 0 aliphatic carbocycles. The smallest absolute Gasteiger partial charge is 0.353 e. The van der Waals surface area contributed by atoms with E-state index in [1.165, 1.54) is 23.0 Å². The lowest BCUT2D eigenvalue weighted by Gasteiger charge is -2.14. The second-order valence-electron chi connectivity index (χ2n) is 8.49. The van der Waals surface area contributed by atoms with Crippen molar-refractivity contribution in [2.24, 2.45) is 4.99 Å². The Hall–Kier alpha value is -3.99. The molecule has 0 atom stereocenters. The summed E-state index contributed by atoms with van der Waals surface area (Å²) in [5.74, 6) is 5.88. The van der Waals surface area contributed by atoms with Crippen LogP contribution in [0.2, 0.25) is 0 Å². The van der Waals surface area contributed by atoms with E-state index >= 15 is 0 Å². The van der Waals surface area contributed by atoms with Gasteiger partial charge in [-0.1, -0.05) is 29.8 Å². The van der Waals surface area contributed by atoms with Gasteiger partial charge < -0.3 is 10.6 Å². The van der Waals surface area contributed by atoms with Gasteiger partial charge in [0.2, 0.25) is 5.62 Å². The number of ether oxygens (including phenoxy) is 1. The summed E-state index contributed by atoms with van der Waals surface area (Å²) in [5.41, 5.74) is 2.21. The number of unbranched alkanes of at least 4 members (excludes halogenated alkanes) is 1. The van der Waals surface area contributed by atoms with E-state index in [-0.39, 0.29) is 31.1 Å². The van der Waals surface area contributed by atoms with Crippen molar-refractivity contribution in [3.63, 3.8) is 0 Å². The molecule has 0 spiro atoms. The minimum atomic E-state index is -0.674. The molecule has 4 aromatic rings. The van der Waals surface area contributed by atoms with Crippen molar-refractivity contribution < 1.29 is 9.53 Å². The Bertz CT molecular complexity index is 1590. The van der Waals surface area contributed by atoms with Gasteiger partial charge in [-0.15, -0.1) is 11.3 Å². The first-order valence-electron chi connectivity index (χ1n) is 11.5. The van der Waals surface area contributed by atoms with E-state index in [0.717, 1.165) is 35.6 Å². The second kappa shape index (κ2) is 10.7. The van der Waals surface area contributed by atoms with Gasteiger partial charge in [0.05, 0.1) is 34.6 Å². The highest BCUT2D eigenvalue weighted by Gasteiger charge is 2.14. The Kier molecular flexibility index (Phi) is 7.49. The monoisotopic (exact) mass is 508 g/mol. The number of rotatable bonds is 8. The van der Waals surface area contributed by atoms with Gasteiger partial charge in [0.15, 0.2) is 0 Å². The lowest BCUT2D eigenvalue weighted by atomic mass is 10.1. The fourth-order valence-corrected chi connectivity index (χ4v) is 4.69. The molecule has 0 radical (unpaired) electrons. The number of aryl methyl sites for hydroxylation is 2. The largest absolute Gasteiger partial charge is 0.469 e. The predicted molar refractivity (Wildman–Crippen MR) is 139 cm³/mol. The maximum atomic E-state index is 13.5. The highest BCUT2D eigenvalue weighted by atomic mass is 32.1. The quantitative estimate of drug-likeness (QED) is 0.221. The van der Waals surface area contributed by atoms with E-state index in [2.05, 4.69) is 14.7 Å². The molecule has 2 N–H and O–H groups in total. The molecular weight excluding hydrogens is 480 g/mol. The van der Waals surface area contributed by atoms with Crippen LogP contribution in [0.15, 0.2) is 57.0 Å². The minimum absolute atomic E-state index is 0.0389. The van der Waals surface area contributed by atoms with Gasteiger partial charge in [0, 0.05) is 13.0 Å². The second-order valence-corrected chi connectivity index (χ2v) is 9.72. The lowest BCUT2D eigenvalue weighted by molar-refractivity contribution is -0.140. The number of aromatic nitrogens is 4. The molecule has 10 nitrogen and oxygen atoms in total. The van der Waals surface area contributed by atoms with Gasteiger partial charge >= 0.3 is 17.3 Å². The third-order valence-electron chi connectivity index (χ3n) is 5.77. The van der Waals surface area contributed by atoms with E-state index in [9.17, 15) is 14.4 Å². The Labute approximate surface area is 210 Å². The number of methoxy groups -OCH3 is 1. The number of carbonyl (C=O) groups is 1. The third kappa shape index (κ3) is 5.46. The van der Waals surface area contributed by atoms with E-state index < -0.39 is 11.4 Å². The summed E-state index contributed by atoms with van der Waals surface area (Å²) in [6.45, 7) is 4.21. The number of hydrogen-bond donors (Lipinski definition) is 1. The molecule has 0 bridgehead atoms. The minimum Gasteiger partial charge on any atom is -0.469 e. The van der Waals surface area contributed by atoms with Crippen LogP contribution in [0.3, 0.4) is 0 Å². The van der Waals surface area contributed by atoms with Gasteiger partial charge in [-0.25, -0.2) is 24.1 Å². The zero-order chi connectivity index (χ0) is 25.8. The van der Waals surface area contributed by atoms with Gasteiger partial charge in [-0.2, -0.15) is 4.68 Å². The molecule has 36 heavy (non-hydrogen) atoms. The zero-order valence-electron chi connectivity index (χ0n) is 20.4. The summed E-state index contributed by atoms with van der Waals surface area (Å²) in [6.07, 6.45) is 1.12. The lowest BCUT2D eigenvalue weighted by Crippen LogP contribution is -2.57. The van der Waals surface area contributed by atoms with Crippen LogP contribution in [0.5, 0.6) is 0 Å². The van der Waals surface area contributed by atoms with Crippen LogP contribution >= 0.6 is 11.3 Å².